The van der Waals surface area contributed by atoms with Crippen molar-refractivity contribution in [3.8, 4) is 5.75 Å². The highest BCUT2D eigenvalue weighted by Gasteiger charge is 2.07. The fourth-order valence-corrected chi connectivity index (χ4v) is 1.86. The Balaban J connectivity index is 0.000000199. The van der Waals surface area contributed by atoms with E-state index < -0.39 is 0 Å². The van der Waals surface area contributed by atoms with E-state index in [0.29, 0.717) is 0 Å². The van der Waals surface area contributed by atoms with Gasteiger partial charge in [0.1, 0.15) is 5.75 Å². The van der Waals surface area contributed by atoms with Crippen LogP contribution in [-0.4, -0.2) is 31.5 Å². The van der Waals surface area contributed by atoms with Gasteiger partial charge in [-0.05, 0) is 30.9 Å². The Hall–Kier alpha value is -1.06. The van der Waals surface area contributed by atoms with Crippen LogP contribution in [-0.2, 0) is 11.2 Å². The molecular weight excluding hydrogens is 228 g/mol. The van der Waals surface area contributed by atoms with Crippen LogP contribution in [0.5, 0.6) is 5.75 Å². The molecule has 3 heteroatoms. The summed E-state index contributed by atoms with van der Waals surface area (Å²) in [6, 6.07) is 8.17. The monoisotopic (exact) mass is 252 g/mol. The highest BCUT2D eigenvalue weighted by molar-refractivity contribution is 5.33. The van der Waals surface area contributed by atoms with Crippen LogP contribution < -0.4 is 4.74 Å². The van der Waals surface area contributed by atoms with Gasteiger partial charge in [0.15, 0.2) is 0 Å². The zero-order chi connectivity index (χ0) is 13.2. The summed E-state index contributed by atoms with van der Waals surface area (Å²) in [5.41, 5.74) is 1.30. The van der Waals surface area contributed by atoms with Crippen molar-refractivity contribution in [1.82, 2.24) is 0 Å². The van der Waals surface area contributed by atoms with E-state index in [1.54, 1.807) is 7.11 Å². The van der Waals surface area contributed by atoms with Gasteiger partial charge in [-0.2, -0.15) is 0 Å². The molecule has 0 amide bonds. The van der Waals surface area contributed by atoms with Crippen molar-refractivity contribution in [2.24, 2.45) is 0 Å². The first-order valence-electron chi connectivity index (χ1n) is 6.65. The van der Waals surface area contributed by atoms with Gasteiger partial charge >= 0.3 is 0 Å². The fourth-order valence-electron chi connectivity index (χ4n) is 1.86. The van der Waals surface area contributed by atoms with Crippen molar-refractivity contribution in [3.63, 3.8) is 0 Å². The number of aliphatic hydroxyl groups is 1. The molecule has 0 spiro atoms. The van der Waals surface area contributed by atoms with E-state index in [0.717, 1.165) is 38.2 Å². The molecule has 102 valence electrons. The van der Waals surface area contributed by atoms with Crippen molar-refractivity contribution in [2.75, 3.05) is 20.3 Å². The molecule has 1 saturated heterocycles. The summed E-state index contributed by atoms with van der Waals surface area (Å²) in [5, 5.41) is 8.83. The largest absolute Gasteiger partial charge is 0.496 e. The maximum Gasteiger partial charge on any atom is 0.122 e. The Labute approximate surface area is 110 Å². The van der Waals surface area contributed by atoms with Crippen LogP contribution in [0.2, 0.25) is 0 Å². The molecular formula is C15H24O3. The highest BCUT2D eigenvalue weighted by Crippen LogP contribution is 2.18. The molecule has 1 aromatic carbocycles. The maximum absolute atomic E-state index is 8.83. The molecule has 1 heterocycles. The summed E-state index contributed by atoms with van der Waals surface area (Å²) in [5.74, 6) is 1.01. The number of rotatable bonds is 3. The summed E-state index contributed by atoms with van der Waals surface area (Å²) >= 11 is 0. The summed E-state index contributed by atoms with van der Waals surface area (Å²) < 4.78 is 10.2. The van der Waals surface area contributed by atoms with E-state index >= 15 is 0 Å². The molecule has 1 aliphatic rings. The van der Waals surface area contributed by atoms with Crippen molar-refractivity contribution in [1.29, 1.82) is 0 Å². The lowest BCUT2D eigenvalue weighted by Gasteiger charge is -2.15. The number of hydrogen-bond donors (Lipinski definition) is 1. The Morgan fingerprint density at radius 1 is 1.28 bits per heavy atom. The normalized spacial score (nSPS) is 15.7. The van der Waals surface area contributed by atoms with Gasteiger partial charge in [0.05, 0.1) is 13.2 Å². The van der Waals surface area contributed by atoms with Gasteiger partial charge in [0.25, 0.3) is 0 Å². The third kappa shape index (κ3) is 5.52. The quantitative estimate of drug-likeness (QED) is 0.899. The van der Waals surface area contributed by atoms with Gasteiger partial charge in [-0.15, -0.1) is 0 Å². The lowest BCUT2D eigenvalue weighted by molar-refractivity contribution is 0.0140. The molecule has 0 aliphatic carbocycles. The van der Waals surface area contributed by atoms with Gasteiger partial charge in [0, 0.05) is 13.2 Å². The molecule has 1 fully saturated rings. The Morgan fingerprint density at radius 3 is 2.44 bits per heavy atom. The van der Waals surface area contributed by atoms with Gasteiger partial charge in [-0.3, -0.25) is 0 Å². The minimum atomic E-state index is -0.0891. The molecule has 1 aromatic rings. The second-order valence-corrected chi connectivity index (χ2v) is 4.41. The average Bonchev–Trinajstić information content (AvgIpc) is 2.41. The van der Waals surface area contributed by atoms with E-state index in [2.05, 4.69) is 13.0 Å². The van der Waals surface area contributed by atoms with E-state index in [1.165, 1.54) is 12.0 Å². The van der Waals surface area contributed by atoms with Crippen LogP contribution in [0, 0.1) is 0 Å². The predicted octanol–water partition coefficient (Wildman–Crippen LogP) is 2.81. The van der Waals surface area contributed by atoms with E-state index in [9.17, 15) is 0 Å². The van der Waals surface area contributed by atoms with Crippen molar-refractivity contribution in [3.05, 3.63) is 29.8 Å². The summed E-state index contributed by atoms with van der Waals surface area (Å²) in [6.07, 6.45) is 3.82. The molecule has 0 radical (unpaired) electrons. The SMILES string of the molecule is CCCc1ccccc1OC.OC1CCOCC1. The third-order valence-electron chi connectivity index (χ3n) is 2.90. The minimum absolute atomic E-state index is 0.0891. The first-order valence-corrected chi connectivity index (χ1v) is 6.65. The zero-order valence-electron chi connectivity index (χ0n) is 11.4. The molecule has 1 N–H and O–H groups in total. The second kappa shape index (κ2) is 8.95. The van der Waals surface area contributed by atoms with Crippen molar-refractivity contribution in [2.45, 2.75) is 38.7 Å². The fraction of sp³-hybridized carbons (Fsp3) is 0.600. The van der Waals surface area contributed by atoms with Gasteiger partial charge in [0.2, 0.25) is 0 Å². The number of methoxy groups -OCH3 is 1. The number of aliphatic hydroxyl groups excluding tert-OH is 1. The molecule has 3 nitrogen and oxygen atoms in total. The Kier molecular flexibility index (Phi) is 7.46. The molecule has 1 aliphatic heterocycles. The van der Waals surface area contributed by atoms with Crippen molar-refractivity contribution < 1.29 is 14.6 Å². The third-order valence-corrected chi connectivity index (χ3v) is 2.90. The lowest BCUT2D eigenvalue weighted by atomic mass is 10.1. The summed E-state index contributed by atoms with van der Waals surface area (Å²) in [4.78, 5) is 0. The van der Waals surface area contributed by atoms with Crippen LogP contribution >= 0.6 is 0 Å². The van der Waals surface area contributed by atoms with Crippen LogP contribution in [0.4, 0.5) is 0 Å². The number of aryl methyl sites for hydroxylation is 1. The summed E-state index contributed by atoms with van der Waals surface area (Å²) in [7, 11) is 1.72. The molecule has 0 aromatic heterocycles. The molecule has 0 unspecified atom stereocenters. The highest BCUT2D eigenvalue weighted by atomic mass is 16.5. The van der Waals surface area contributed by atoms with E-state index in [-0.39, 0.29) is 6.10 Å². The topological polar surface area (TPSA) is 38.7 Å². The first kappa shape index (κ1) is 15.0. The molecule has 2 rings (SSSR count). The molecule has 0 atom stereocenters. The lowest BCUT2D eigenvalue weighted by Crippen LogP contribution is -2.19. The first-order chi connectivity index (χ1) is 8.77. The van der Waals surface area contributed by atoms with Crippen LogP contribution in [0.25, 0.3) is 0 Å². The average molecular weight is 252 g/mol. The van der Waals surface area contributed by atoms with Crippen LogP contribution in [0.1, 0.15) is 31.7 Å². The Morgan fingerprint density at radius 2 is 1.94 bits per heavy atom. The molecule has 18 heavy (non-hydrogen) atoms. The number of ether oxygens (including phenoxy) is 2. The standard InChI is InChI=1S/C10H14O.C5H10O2/c1-3-6-9-7-4-5-8-10(9)11-2;6-5-1-3-7-4-2-5/h4-5,7-8H,3,6H2,1-2H3;5-6H,1-4H2. The predicted molar refractivity (Wildman–Crippen MR) is 73.0 cm³/mol. The van der Waals surface area contributed by atoms with E-state index in [4.69, 9.17) is 14.6 Å². The number of benzene rings is 1. The van der Waals surface area contributed by atoms with E-state index in [1.807, 2.05) is 18.2 Å². The summed E-state index contributed by atoms with van der Waals surface area (Å²) in [6.45, 7) is 3.65. The smallest absolute Gasteiger partial charge is 0.122 e. The molecule has 0 bridgehead atoms. The van der Waals surface area contributed by atoms with Gasteiger partial charge in [-0.1, -0.05) is 31.5 Å². The van der Waals surface area contributed by atoms with Crippen LogP contribution in [0.3, 0.4) is 0 Å². The van der Waals surface area contributed by atoms with Crippen molar-refractivity contribution >= 4 is 0 Å². The Bertz CT molecular complexity index is 319. The maximum atomic E-state index is 8.83. The number of para-hydroxylation sites is 1. The number of hydrogen-bond acceptors (Lipinski definition) is 3. The second-order valence-electron chi connectivity index (χ2n) is 4.41. The van der Waals surface area contributed by atoms with Gasteiger partial charge in [-0.25, -0.2) is 0 Å². The minimum Gasteiger partial charge on any atom is -0.496 e. The molecule has 0 saturated carbocycles. The zero-order valence-corrected chi connectivity index (χ0v) is 11.4. The van der Waals surface area contributed by atoms with Crippen LogP contribution in [0.15, 0.2) is 24.3 Å². The van der Waals surface area contributed by atoms with Gasteiger partial charge < -0.3 is 14.6 Å².